The quantitative estimate of drug-likeness (QED) is 0.698. The number of aliphatic hydroxyl groups is 1. The second-order valence-corrected chi connectivity index (χ2v) is 4.76. The van der Waals surface area contributed by atoms with Gasteiger partial charge in [0.1, 0.15) is 0 Å². The molecule has 90 valence electrons. The lowest BCUT2D eigenvalue weighted by Crippen LogP contribution is -2.41. The van der Waals surface area contributed by atoms with Gasteiger partial charge in [-0.1, -0.05) is 13.3 Å². The molecule has 1 fully saturated rings. The van der Waals surface area contributed by atoms with Gasteiger partial charge in [0.25, 0.3) is 0 Å². The molecule has 0 aliphatic heterocycles. The molecule has 3 heteroatoms. The number of nitrogens with two attached hydrogens (primary N) is 1. The van der Waals surface area contributed by atoms with Gasteiger partial charge >= 0.3 is 0 Å². The van der Waals surface area contributed by atoms with Crippen LogP contribution in [-0.4, -0.2) is 41.8 Å². The normalized spacial score (nSPS) is 28.6. The van der Waals surface area contributed by atoms with Crippen LogP contribution in [0, 0.1) is 5.92 Å². The molecule has 0 saturated heterocycles. The highest BCUT2D eigenvalue weighted by Crippen LogP contribution is 2.29. The third kappa shape index (κ3) is 3.74. The van der Waals surface area contributed by atoms with Crippen LogP contribution in [0.15, 0.2) is 0 Å². The highest BCUT2D eigenvalue weighted by Gasteiger charge is 2.30. The van der Waals surface area contributed by atoms with Gasteiger partial charge in [0, 0.05) is 12.6 Å². The number of hydrogen-bond acceptors (Lipinski definition) is 3. The standard InChI is InChI=1S/C12H26N2O/c1-3-14(8-7-10(2)15)12-6-4-5-11(12)9-13/h10-12,15H,3-9,13H2,1-2H3. The maximum atomic E-state index is 9.31. The molecule has 3 unspecified atom stereocenters. The van der Waals surface area contributed by atoms with Crippen molar-refractivity contribution in [3.05, 3.63) is 0 Å². The van der Waals surface area contributed by atoms with Gasteiger partial charge in [-0.05, 0) is 45.2 Å². The Labute approximate surface area is 93.6 Å². The third-order valence-electron chi connectivity index (χ3n) is 3.63. The zero-order chi connectivity index (χ0) is 11.3. The lowest BCUT2D eigenvalue weighted by molar-refractivity contribution is 0.123. The Bertz CT molecular complexity index is 173. The summed E-state index contributed by atoms with van der Waals surface area (Å²) in [7, 11) is 0. The molecule has 1 saturated carbocycles. The van der Waals surface area contributed by atoms with E-state index in [-0.39, 0.29) is 6.10 Å². The Balaban J connectivity index is 2.42. The van der Waals surface area contributed by atoms with Crippen molar-refractivity contribution in [1.29, 1.82) is 0 Å². The van der Waals surface area contributed by atoms with Crippen LogP contribution < -0.4 is 5.73 Å². The second kappa shape index (κ2) is 6.46. The van der Waals surface area contributed by atoms with E-state index in [1.807, 2.05) is 6.92 Å². The summed E-state index contributed by atoms with van der Waals surface area (Å²) in [5, 5.41) is 9.31. The lowest BCUT2D eigenvalue weighted by Gasteiger charge is -2.32. The van der Waals surface area contributed by atoms with Crippen LogP contribution in [0.1, 0.15) is 39.5 Å². The molecule has 3 atom stereocenters. The molecule has 0 aromatic heterocycles. The summed E-state index contributed by atoms with van der Waals surface area (Å²) in [6.07, 6.45) is 4.58. The van der Waals surface area contributed by atoms with Crippen LogP contribution in [0.25, 0.3) is 0 Å². The molecule has 3 N–H and O–H groups in total. The van der Waals surface area contributed by atoms with E-state index in [4.69, 9.17) is 5.73 Å². The Hall–Kier alpha value is -0.120. The Morgan fingerprint density at radius 3 is 2.73 bits per heavy atom. The van der Waals surface area contributed by atoms with Gasteiger partial charge in [0.15, 0.2) is 0 Å². The van der Waals surface area contributed by atoms with Gasteiger partial charge < -0.3 is 15.7 Å². The minimum atomic E-state index is -0.184. The number of aliphatic hydroxyl groups excluding tert-OH is 1. The summed E-state index contributed by atoms with van der Waals surface area (Å²) in [4.78, 5) is 2.50. The molecule has 0 amide bonds. The van der Waals surface area contributed by atoms with Gasteiger partial charge in [-0.15, -0.1) is 0 Å². The zero-order valence-electron chi connectivity index (χ0n) is 10.2. The first kappa shape index (κ1) is 12.9. The molecular weight excluding hydrogens is 188 g/mol. The molecule has 1 aliphatic rings. The molecule has 15 heavy (non-hydrogen) atoms. The predicted octanol–water partition coefficient (Wildman–Crippen LogP) is 1.21. The minimum Gasteiger partial charge on any atom is -0.393 e. The lowest BCUT2D eigenvalue weighted by atomic mass is 10.0. The van der Waals surface area contributed by atoms with Gasteiger partial charge in [-0.2, -0.15) is 0 Å². The molecule has 0 radical (unpaired) electrons. The van der Waals surface area contributed by atoms with Crippen molar-refractivity contribution in [1.82, 2.24) is 4.90 Å². The highest BCUT2D eigenvalue weighted by molar-refractivity contribution is 4.85. The van der Waals surface area contributed by atoms with Crippen LogP contribution in [0.5, 0.6) is 0 Å². The molecule has 0 aromatic carbocycles. The number of rotatable bonds is 6. The molecule has 1 rings (SSSR count). The topological polar surface area (TPSA) is 49.5 Å². The summed E-state index contributed by atoms with van der Waals surface area (Å²) in [5.41, 5.74) is 5.80. The van der Waals surface area contributed by atoms with E-state index in [2.05, 4.69) is 11.8 Å². The fourth-order valence-corrected chi connectivity index (χ4v) is 2.68. The summed E-state index contributed by atoms with van der Waals surface area (Å²) in [6, 6.07) is 0.666. The summed E-state index contributed by atoms with van der Waals surface area (Å²) < 4.78 is 0. The van der Waals surface area contributed by atoms with Gasteiger partial charge in [0.2, 0.25) is 0 Å². The van der Waals surface area contributed by atoms with Crippen molar-refractivity contribution in [3.8, 4) is 0 Å². The van der Waals surface area contributed by atoms with E-state index >= 15 is 0 Å². The van der Waals surface area contributed by atoms with Gasteiger partial charge in [0.05, 0.1) is 6.10 Å². The van der Waals surface area contributed by atoms with E-state index in [9.17, 15) is 5.11 Å². The first-order valence-electron chi connectivity index (χ1n) is 6.31. The Morgan fingerprint density at radius 2 is 2.20 bits per heavy atom. The Morgan fingerprint density at radius 1 is 1.47 bits per heavy atom. The first-order chi connectivity index (χ1) is 7.19. The van der Waals surface area contributed by atoms with Crippen LogP contribution in [0.4, 0.5) is 0 Å². The second-order valence-electron chi connectivity index (χ2n) is 4.76. The molecule has 1 aliphatic carbocycles. The monoisotopic (exact) mass is 214 g/mol. The van der Waals surface area contributed by atoms with Crippen molar-refractivity contribution in [3.63, 3.8) is 0 Å². The molecule has 3 nitrogen and oxygen atoms in total. The van der Waals surface area contributed by atoms with Crippen LogP contribution >= 0.6 is 0 Å². The van der Waals surface area contributed by atoms with E-state index in [0.717, 1.165) is 26.1 Å². The maximum Gasteiger partial charge on any atom is 0.0524 e. The molecule has 0 aromatic rings. The van der Waals surface area contributed by atoms with Crippen molar-refractivity contribution >= 4 is 0 Å². The molecule has 0 spiro atoms. The summed E-state index contributed by atoms with van der Waals surface area (Å²) in [6.45, 7) is 6.97. The predicted molar refractivity (Wildman–Crippen MR) is 63.7 cm³/mol. The zero-order valence-corrected chi connectivity index (χ0v) is 10.2. The van der Waals surface area contributed by atoms with Gasteiger partial charge in [-0.3, -0.25) is 0 Å². The Kier molecular flexibility index (Phi) is 5.58. The molecule has 0 bridgehead atoms. The van der Waals surface area contributed by atoms with Crippen LogP contribution in [0.2, 0.25) is 0 Å². The van der Waals surface area contributed by atoms with E-state index in [1.54, 1.807) is 0 Å². The van der Waals surface area contributed by atoms with E-state index in [1.165, 1.54) is 19.3 Å². The van der Waals surface area contributed by atoms with Crippen molar-refractivity contribution < 1.29 is 5.11 Å². The first-order valence-corrected chi connectivity index (χ1v) is 6.31. The SMILES string of the molecule is CCN(CCC(C)O)C1CCCC1CN. The van der Waals surface area contributed by atoms with E-state index < -0.39 is 0 Å². The average molecular weight is 214 g/mol. The van der Waals surface area contributed by atoms with Crippen LogP contribution in [-0.2, 0) is 0 Å². The largest absolute Gasteiger partial charge is 0.393 e. The summed E-state index contributed by atoms with van der Waals surface area (Å²) >= 11 is 0. The smallest absolute Gasteiger partial charge is 0.0524 e. The van der Waals surface area contributed by atoms with Crippen molar-refractivity contribution in [2.45, 2.75) is 51.7 Å². The van der Waals surface area contributed by atoms with Gasteiger partial charge in [-0.25, -0.2) is 0 Å². The summed E-state index contributed by atoms with van der Waals surface area (Å²) in [5.74, 6) is 0.680. The van der Waals surface area contributed by atoms with Crippen molar-refractivity contribution in [2.24, 2.45) is 11.7 Å². The highest BCUT2D eigenvalue weighted by atomic mass is 16.3. The molecule has 0 heterocycles. The minimum absolute atomic E-state index is 0.184. The average Bonchev–Trinajstić information content (AvgIpc) is 2.66. The number of hydrogen-bond donors (Lipinski definition) is 2. The third-order valence-corrected chi connectivity index (χ3v) is 3.63. The fourth-order valence-electron chi connectivity index (χ4n) is 2.68. The maximum absolute atomic E-state index is 9.31. The molecular formula is C12H26N2O. The number of nitrogens with zero attached hydrogens (tertiary/aromatic N) is 1. The fraction of sp³-hybridized carbons (Fsp3) is 1.00. The van der Waals surface area contributed by atoms with Crippen molar-refractivity contribution in [2.75, 3.05) is 19.6 Å². The van der Waals surface area contributed by atoms with E-state index in [0.29, 0.717) is 12.0 Å². The van der Waals surface area contributed by atoms with Crippen LogP contribution in [0.3, 0.4) is 0 Å².